The molecule has 1 unspecified atom stereocenters. The molecular formula is C16H22N4O5. The van der Waals surface area contributed by atoms with Gasteiger partial charge in [0.2, 0.25) is 0 Å². The van der Waals surface area contributed by atoms with Crippen LogP contribution in [0.5, 0.6) is 11.5 Å². The number of amides is 1. The molecular weight excluding hydrogens is 328 g/mol. The highest BCUT2D eigenvalue weighted by atomic mass is 16.6. The van der Waals surface area contributed by atoms with E-state index in [9.17, 15) is 15.0 Å². The van der Waals surface area contributed by atoms with Gasteiger partial charge in [-0.05, 0) is 14.0 Å². The maximum absolute atomic E-state index is 11.2. The summed E-state index contributed by atoms with van der Waals surface area (Å²) in [5.41, 5.74) is 11.7. The number of phenols is 2. The fraction of sp³-hybridized carbons (Fsp3) is 0.562. The number of likely N-dealkylation sites (N-methyl/N-ethyl adjacent to an activating group) is 1. The second kappa shape index (κ2) is 4.83. The predicted octanol–water partition coefficient (Wildman–Crippen LogP) is 0.0262. The van der Waals surface area contributed by atoms with Gasteiger partial charge in [-0.1, -0.05) is 0 Å². The number of fused-ring (bicyclic) bond motifs is 5. The number of nitrogens with two attached hydrogens (primary N) is 2. The average molecular weight is 350 g/mol. The average Bonchev–Trinajstić information content (AvgIpc) is 2.96. The monoisotopic (exact) mass is 350 g/mol. The molecule has 3 aliphatic heterocycles. The highest BCUT2D eigenvalue weighted by Crippen LogP contribution is 2.65. The number of piperazine rings is 1. The molecule has 1 amide bonds. The summed E-state index contributed by atoms with van der Waals surface area (Å²) in [4.78, 5) is 15.3. The number of primary amides is 1. The number of ether oxygens (including phenoxy) is 2. The number of carbonyl (C=O) groups is 1. The molecule has 2 fully saturated rings. The molecule has 0 aliphatic carbocycles. The van der Waals surface area contributed by atoms with Crippen LogP contribution in [0.15, 0.2) is 0 Å². The van der Waals surface area contributed by atoms with Crippen molar-refractivity contribution in [2.24, 2.45) is 5.73 Å². The van der Waals surface area contributed by atoms with Crippen molar-refractivity contribution in [3.8, 4) is 11.5 Å². The SMILES string of the molecule is CO[C@@]12[C@H](COC(N)=O)c3c(O)c(N)c(C)c(O)c3N1C[C@H]1[C@@H]2N1C. The van der Waals surface area contributed by atoms with Gasteiger partial charge in [0.15, 0.2) is 5.72 Å². The summed E-state index contributed by atoms with van der Waals surface area (Å²) in [5, 5.41) is 21.4. The lowest BCUT2D eigenvalue weighted by Crippen LogP contribution is -2.54. The van der Waals surface area contributed by atoms with Crippen molar-refractivity contribution in [1.29, 1.82) is 0 Å². The molecule has 2 saturated heterocycles. The number of hydrogen-bond acceptors (Lipinski definition) is 8. The second-order valence-electron chi connectivity index (χ2n) is 6.93. The minimum atomic E-state index is -0.909. The van der Waals surface area contributed by atoms with Gasteiger partial charge in [-0.2, -0.15) is 0 Å². The number of nitrogen functional groups attached to an aromatic ring is 1. The van der Waals surface area contributed by atoms with E-state index in [0.717, 1.165) is 0 Å². The van der Waals surface area contributed by atoms with E-state index in [1.807, 2.05) is 11.9 Å². The van der Waals surface area contributed by atoms with Gasteiger partial charge in [0.1, 0.15) is 18.1 Å². The van der Waals surface area contributed by atoms with Crippen LogP contribution in [0.25, 0.3) is 0 Å². The maximum Gasteiger partial charge on any atom is 0.404 e. The Labute approximate surface area is 144 Å². The summed E-state index contributed by atoms with van der Waals surface area (Å²) in [6, 6.07) is 0.315. The van der Waals surface area contributed by atoms with Gasteiger partial charge >= 0.3 is 6.09 Å². The summed E-state index contributed by atoms with van der Waals surface area (Å²) in [6.07, 6.45) is -0.909. The van der Waals surface area contributed by atoms with Crippen molar-refractivity contribution in [2.75, 3.05) is 37.9 Å². The number of carbonyl (C=O) groups excluding carboxylic acids is 1. The molecule has 25 heavy (non-hydrogen) atoms. The van der Waals surface area contributed by atoms with Crippen molar-refractivity contribution in [2.45, 2.75) is 30.7 Å². The number of nitrogens with zero attached hydrogens (tertiary/aromatic N) is 2. The van der Waals surface area contributed by atoms with Crippen LogP contribution in [0, 0.1) is 6.92 Å². The van der Waals surface area contributed by atoms with Crippen molar-refractivity contribution in [3.63, 3.8) is 0 Å². The quantitative estimate of drug-likeness (QED) is 0.259. The Bertz CT molecular complexity index is 785. The van der Waals surface area contributed by atoms with E-state index in [4.69, 9.17) is 20.9 Å². The van der Waals surface area contributed by atoms with Gasteiger partial charge in [0.25, 0.3) is 0 Å². The predicted molar refractivity (Wildman–Crippen MR) is 89.6 cm³/mol. The molecule has 0 saturated carbocycles. The van der Waals surface area contributed by atoms with Crippen molar-refractivity contribution in [3.05, 3.63) is 11.1 Å². The second-order valence-corrected chi connectivity index (χ2v) is 6.93. The van der Waals surface area contributed by atoms with Crippen LogP contribution in [0.4, 0.5) is 16.2 Å². The molecule has 0 aromatic heterocycles. The molecule has 3 aliphatic rings. The van der Waals surface area contributed by atoms with Gasteiger partial charge in [-0.25, -0.2) is 4.79 Å². The first-order valence-electron chi connectivity index (χ1n) is 8.08. The molecule has 5 atom stereocenters. The van der Waals surface area contributed by atoms with E-state index in [2.05, 4.69) is 4.90 Å². The third kappa shape index (κ3) is 1.72. The lowest BCUT2D eigenvalue weighted by atomic mass is 9.88. The molecule has 9 heteroatoms. The van der Waals surface area contributed by atoms with E-state index in [1.54, 1.807) is 14.0 Å². The molecule has 0 bridgehead atoms. The molecule has 1 aromatic rings. The Hall–Kier alpha value is -2.39. The summed E-state index contributed by atoms with van der Waals surface area (Å²) in [7, 11) is 3.57. The van der Waals surface area contributed by atoms with Crippen molar-refractivity contribution >= 4 is 17.5 Å². The highest BCUT2D eigenvalue weighted by molar-refractivity contribution is 5.84. The van der Waals surface area contributed by atoms with Crippen LogP contribution < -0.4 is 16.4 Å². The first-order chi connectivity index (χ1) is 11.8. The van der Waals surface area contributed by atoms with Gasteiger partial charge in [-0.15, -0.1) is 0 Å². The zero-order valence-corrected chi connectivity index (χ0v) is 14.3. The smallest absolute Gasteiger partial charge is 0.404 e. The van der Waals surface area contributed by atoms with Crippen LogP contribution in [0.2, 0.25) is 0 Å². The van der Waals surface area contributed by atoms with E-state index in [0.29, 0.717) is 23.4 Å². The van der Waals surface area contributed by atoms with E-state index >= 15 is 0 Å². The number of hydrogen-bond donors (Lipinski definition) is 4. The van der Waals surface area contributed by atoms with Gasteiger partial charge in [-0.3, -0.25) is 4.90 Å². The number of rotatable bonds is 3. The minimum Gasteiger partial charge on any atom is -0.505 e. The molecule has 6 N–H and O–H groups in total. The Kier molecular flexibility index (Phi) is 3.11. The molecule has 0 spiro atoms. The number of phenolic OH excluding ortho intramolecular Hbond substituents is 2. The number of aromatic hydroxyl groups is 2. The van der Waals surface area contributed by atoms with Crippen LogP contribution in [0.1, 0.15) is 17.0 Å². The summed E-state index contributed by atoms with van der Waals surface area (Å²) in [6.45, 7) is 2.19. The number of anilines is 2. The van der Waals surface area contributed by atoms with Crippen molar-refractivity contribution < 1.29 is 24.5 Å². The largest absolute Gasteiger partial charge is 0.505 e. The first kappa shape index (κ1) is 16.1. The normalized spacial score (nSPS) is 34.4. The van der Waals surface area contributed by atoms with Crippen molar-refractivity contribution in [1.82, 2.24) is 4.90 Å². The summed E-state index contributed by atoms with van der Waals surface area (Å²) < 4.78 is 11.0. The molecule has 136 valence electrons. The standard InChI is InChI=1S/C16H22N4O5/c1-6-10(17)13(22)9-7(5-25-15(18)23)16(24-3)14-8(19(14)2)4-20(16)11(9)12(6)21/h7-8,14,21-22H,4-5,17H2,1-3H3,(H2,18,23)/t7-,8+,14+,16-,19?/m1/s1. The first-order valence-corrected chi connectivity index (χ1v) is 8.08. The Morgan fingerprint density at radius 2 is 2.08 bits per heavy atom. The Morgan fingerprint density at radius 3 is 2.68 bits per heavy atom. The lowest BCUT2D eigenvalue weighted by molar-refractivity contribution is -0.0429. The van der Waals surface area contributed by atoms with Crippen LogP contribution in [-0.4, -0.2) is 66.3 Å². The van der Waals surface area contributed by atoms with E-state index in [-0.39, 0.29) is 35.9 Å². The van der Waals surface area contributed by atoms with E-state index < -0.39 is 17.7 Å². The fourth-order valence-electron chi connectivity index (χ4n) is 4.77. The van der Waals surface area contributed by atoms with Gasteiger partial charge in [0, 0.05) is 30.8 Å². The third-order valence-corrected chi connectivity index (χ3v) is 6.04. The van der Waals surface area contributed by atoms with E-state index in [1.165, 1.54) is 0 Å². The Balaban J connectivity index is 1.93. The van der Waals surface area contributed by atoms with Gasteiger partial charge in [0.05, 0.1) is 23.3 Å². The highest BCUT2D eigenvalue weighted by Gasteiger charge is 2.74. The topological polar surface area (TPSA) is 134 Å². The fourth-order valence-corrected chi connectivity index (χ4v) is 4.77. The molecule has 4 rings (SSSR count). The number of methoxy groups -OCH3 is 1. The summed E-state index contributed by atoms with van der Waals surface area (Å²) in [5.74, 6) is -0.639. The zero-order valence-electron chi connectivity index (χ0n) is 14.3. The third-order valence-electron chi connectivity index (χ3n) is 6.04. The minimum absolute atomic E-state index is 0.0113. The lowest BCUT2D eigenvalue weighted by Gasteiger charge is -2.39. The van der Waals surface area contributed by atoms with Gasteiger partial charge < -0.3 is 36.1 Å². The Morgan fingerprint density at radius 1 is 1.40 bits per heavy atom. The molecule has 3 heterocycles. The molecule has 9 nitrogen and oxygen atoms in total. The van der Waals surface area contributed by atoms with Crippen LogP contribution in [0.3, 0.4) is 0 Å². The van der Waals surface area contributed by atoms with Crippen LogP contribution in [-0.2, 0) is 9.47 Å². The molecule has 0 radical (unpaired) electrons. The van der Waals surface area contributed by atoms with Crippen LogP contribution >= 0.6 is 0 Å². The molecule has 1 aromatic carbocycles. The maximum atomic E-state index is 11.2. The number of benzene rings is 1. The summed E-state index contributed by atoms with van der Waals surface area (Å²) >= 11 is 0. The zero-order chi connectivity index (χ0) is 18.3.